The Balaban J connectivity index is 3.84. The maximum absolute atomic E-state index is 10.7. The third-order valence-electron chi connectivity index (χ3n) is 3.59. The third kappa shape index (κ3) is 11.5. The number of carbonyl (C=O) groups is 1. The lowest BCUT2D eigenvalue weighted by Crippen LogP contribution is -2.38. The van der Waals surface area contributed by atoms with Crippen LogP contribution in [0.4, 0.5) is 0 Å². The molecule has 0 aliphatic rings. The van der Waals surface area contributed by atoms with E-state index in [2.05, 4.69) is 24.5 Å². The Hall–Kier alpha value is -0.880. The van der Waals surface area contributed by atoms with Crippen molar-refractivity contribution < 1.29 is 15.0 Å². The van der Waals surface area contributed by atoms with Gasteiger partial charge in [-0.3, -0.25) is 4.79 Å². The summed E-state index contributed by atoms with van der Waals surface area (Å²) in [6.45, 7) is 9.75. The minimum absolute atomic E-state index is 0.0981. The number of aliphatic carboxylic acids is 1. The van der Waals surface area contributed by atoms with Crippen LogP contribution in [0.25, 0.3) is 0 Å². The van der Waals surface area contributed by atoms with E-state index >= 15 is 0 Å². The smallest absolute Gasteiger partial charge is 0.303 e. The first-order valence-electron chi connectivity index (χ1n) is 7.42. The zero-order valence-electron chi connectivity index (χ0n) is 13.7. The largest absolute Gasteiger partial charge is 0.481 e. The van der Waals surface area contributed by atoms with E-state index in [1.165, 1.54) is 0 Å². The molecule has 0 heterocycles. The molecule has 0 atom stereocenters. The predicted molar refractivity (Wildman–Crippen MR) is 89.4 cm³/mol. The second kappa shape index (κ2) is 9.20. The summed E-state index contributed by atoms with van der Waals surface area (Å²) in [6.07, 6.45) is 2.61. The van der Waals surface area contributed by atoms with E-state index in [0.717, 1.165) is 25.8 Å². The SMILES string of the molecule is CC(C)(CCO)CCNC(=S)NCCC(C)(C)CC(=O)O. The quantitative estimate of drug-likeness (QED) is 0.462. The number of nitrogens with one attached hydrogen (secondary N) is 2. The van der Waals surface area contributed by atoms with Crippen LogP contribution in [-0.2, 0) is 4.79 Å². The fourth-order valence-corrected chi connectivity index (χ4v) is 2.22. The summed E-state index contributed by atoms with van der Waals surface area (Å²) >= 11 is 5.20. The second-order valence-corrected chi connectivity index (χ2v) is 7.46. The van der Waals surface area contributed by atoms with Gasteiger partial charge in [0.2, 0.25) is 0 Å². The van der Waals surface area contributed by atoms with Crippen LogP contribution in [0.2, 0.25) is 0 Å². The molecule has 5 nitrogen and oxygen atoms in total. The van der Waals surface area contributed by atoms with Crippen LogP contribution >= 0.6 is 12.2 Å². The van der Waals surface area contributed by atoms with Gasteiger partial charge in [0, 0.05) is 19.7 Å². The van der Waals surface area contributed by atoms with Crippen molar-refractivity contribution in [3.8, 4) is 0 Å². The zero-order valence-corrected chi connectivity index (χ0v) is 14.5. The first kappa shape index (κ1) is 20.1. The van der Waals surface area contributed by atoms with Gasteiger partial charge in [-0.2, -0.15) is 0 Å². The van der Waals surface area contributed by atoms with Crippen molar-refractivity contribution in [1.82, 2.24) is 10.6 Å². The lowest BCUT2D eigenvalue weighted by atomic mass is 9.86. The minimum atomic E-state index is -0.771. The highest BCUT2D eigenvalue weighted by atomic mass is 32.1. The summed E-state index contributed by atoms with van der Waals surface area (Å²) in [6, 6.07) is 0. The van der Waals surface area contributed by atoms with Gasteiger partial charge in [0.05, 0.1) is 6.42 Å². The molecule has 0 saturated heterocycles. The molecular weight excluding hydrogens is 288 g/mol. The molecule has 124 valence electrons. The summed E-state index contributed by atoms with van der Waals surface area (Å²) in [5.74, 6) is -0.771. The maximum Gasteiger partial charge on any atom is 0.303 e. The standard InChI is InChI=1S/C15H30N2O3S/c1-14(2,7-10-18)5-8-16-13(21)17-9-6-15(3,4)11-12(19)20/h18H,5-11H2,1-4H3,(H,19,20)(H2,16,17,21). The fourth-order valence-electron chi connectivity index (χ4n) is 2.02. The second-order valence-electron chi connectivity index (χ2n) is 7.06. The zero-order chi connectivity index (χ0) is 16.5. The van der Waals surface area contributed by atoms with Crippen LogP contribution in [0.3, 0.4) is 0 Å². The summed E-state index contributed by atoms with van der Waals surface area (Å²) in [4.78, 5) is 10.7. The molecule has 0 spiro atoms. The third-order valence-corrected chi connectivity index (χ3v) is 3.88. The normalized spacial score (nSPS) is 12.0. The van der Waals surface area contributed by atoms with Crippen LogP contribution < -0.4 is 10.6 Å². The Morgan fingerprint density at radius 3 is 1.90 bits per heavy atom. The number of carboxylic acids is 1. The number of aliphatic hydroxyl groups is 1. The minimum Gasteiger partial charge on any atom is -0.481 e. The van der Waals surface area contributed by atoms with E-state index < -0.39 is 5.97 Å². The van der Waals surface area contributed by atoms with Crippen molar-refractivity contribution in [2.45, 2.75) is 53.4 Å². The van der Waals surface area contributed by atoms with Crippen molar-refractivity contribution in [1.29, 1.82) is 0 Å². The molecule has 0 aliphatic heterocycles. The van der Waals surface area contributed by atoms with Crippen LogP contribution in [0.5, 0.6) is 0 Å². The summed E-state index contributed by atoms with van der Waals surface area (Å²) in [7, 11) is 0. The maximum atomic E-state index is 10.7. The molecule has 0 aromatic carbocycles. The molecule has 0 aromatic heterocycles. The molecule has 0 amide bonds. The summed E-state index contributed by atoms with van der Waals surface area (Å²) in [5, 5.41) is 24.6. The molecule has 0 unspecified atom stereocenters. The van der Waals surface area contributed by atoms with Crippen molar-refractivity contribution in [2.24, 2.45) is 10.8 Å². The first-order chi connectivity index (χ1) is 9.58. The summed E-state index contributed by atoms with van der Waals surface area (Å²) in [5.41, 5.74) is -0.140. The van der Waals surface area contributed by atoms with Crippen LogP contribution in [0, 0.1) is 10.8 Å². The van der Waals surface area contributed by atoms with E-state index in [1.807, 2.05) is 13.8 Å². The van der Waals surface area contributed by atoms with Gasteiger partial charge >= 0.3 is 5.97 Å². The molecule has 4 N–H and O–H groups in total. The average molecular weight is 318 g/mol. The Bertz CT molecular complexity index is 344. The van der Waals surface area contributed by atoms with E-state index in [9.17, 15) is 4.79 Å². The topological polar surface area (TPSA) is 81.6 Å². The lowest BCUT2D eigenvalue weighted by molar-refractivity contribution is -0.139. The van der Waals surface area contributed by atoms with Gasteiger partial charge in [-0.1, -0.05) is 27.7 Å². The van der Waals surface area contributed by atoms with Gasteiger partial charge in [0.15, 0.2) is 5.11 Å². The molecule has 0 fully saturated rings. The molecule has 0 bridgehead atoms. The monoisotopic (exact) mass is 318 g/mol. The Morgan fingerprint density at radius 1 is 1.00 bits per heavy atom. The van der Waals surface area contributed by atoms with Gasteiger partial charge in [-0.15, -0.1) is 0 Å². The average Bonchev–Trinajstić information content (AvgIpc) is 2.25. The Kier molecular flexibility index (Phi) is 8.82. The molecule has 21 heavy (non-hydrogen) atoms. The molecule has 0 saturated carbocycles. The van der Waals surface area contributed by atoms with Gasteiger partial charge in [0.1, 0.15) is 0 Å². The van der Waals surface area contributed by atoms with Gasteiger partial charge in [-0.25, -0.2) is 0 Å². The van der Waals surface area contributed by atoms with Crippen molar-refractivity contribution >= 4 is 23.3 Å². The molecule has 0 aromatic rings. The van der Waals surface area contributed by atoms with Crippen molar-refractivity contribution in [3.05, 3.63) is 0 Å². The number of aliphatic hydroxyl groups excluding tert-OH is 1. The Labute approximate surface area is 133 Å². The molecule has 0 radical (unpaired) electrons. The highest BCUT2D eigenvalue weighted by Gasteiger charge is 2.21. The fraction of sp³-hybridized carbons (Fsp3) is 0.867. The number of thiocarbonyl (C=S) groups is 1. The van der Waals surface area contributed by atoms with E-state index in [-0.39, 0.29) is 23.9 Å². The van der Waals surface area contributed by atoms with Crippen LogP contribution in [0.15, 0.2) is 0 Å². The van der Waals surface area contributed by atoms with E-state index in [1.54, 1.807) is 0 Å². The number of carboxylic acid groups (broad SMARTS) is 1. The van der Waals surface area contributed by atoms with Crippen LogP contribution in [0.1, 0.15) is 53.4 Å². The molecule has 0 aliphatic carbocycles. The predicted octanol–water partition coefficient (Wildman–Crippen LogP) is 2.14. The number of hydrogen-bond donors (Lipinski definition) is 4. The van der Waals surface area contributed by atoms with Gasteiger partial charge in [0.25, 0.3) is 0 Å². The van der Waals surface area contributed by atoms with Crippen molar-refractivity contribution in [3.63, 3.8) is 0 Å². The van der Waals surface area contributed by atoms with Gasteiger partial charge in [-0.05, 0) is 42.3 Å². The van der Waals surface area contributed by atoms with E-state index in [4.69, 9.17) is 22.4 Å². The Morgan fingerprint density at radius 2 is 1.48 bits per heavy atom. The number of hydrogen-bond acceptors (Lipinski definition) is 3. The number of rotatable bonds is 10. The van der Waals surface area contributed by atoms with Gasteiger partial charge < -0.3 is 20.8 Å². The highest BCUT2D eigenvalue weighted by molar-refractivity contribution is 7.80. The van der Waals surface area contributed by atoms with Crippen LogP contribution in [-0.4, -0.2) is 41.0 Å². The van der Waals surface area contributed by atoms with E-state index in [0.29, 0.717) is 11.7 Å². The molecular formula is C15H30N2O3S. The van der Waals surface area contributed by atoms with Crippen molar-refractivity contribution in [2.75, 3.05) is 19.7 Å². The molecule has 0 rings (SSSR count). The highest BCUT2D eigenvalue weighted by Crippen LogP contribution is 2.24. The lowest BCUT2D eigenvalue weighted by Gasteiger charge is -2.25. The first-order valence-corrected chi connectivity index (χ1v) is 7.83. The summed E-state index contributed by atoms with van der Waals surface area (Å²) < 4.78 is 0. The molecule has 6 heteroatoms.